The van der Waals surface area contributed by atoms with Crippen molar-refractivity contribution in [1.29, 1.82) is 0 Å². The minimum atomic E-state index is -2.84. The maximum atomic E-state index is 12.4. The topological polar surface area (TPSA) is 58.9 Å². The lowest BCUT2D eigenvalue weighted by Gasteiger charge is -2.34. The summed E-state index contributed by atoms with van der Waals surface area (Å²) in [6, 6.07) is 5.92. The molecule has 2 heterocycles. The summed E-state index contributed by atoms with van der Waals surface area (Å²) < 4.78 is 23.2. The largest absolute Gasteiger partial charge is 0.329 e. The Balaban J connectivity index is 1.53. The summed E-state index contributed by atoms with van der Waals surface area (Å²) >= 11 is 6.10. The van der Waals surface area contributed by atoms with Crippen molar-refractivity contribution in [3.05, 3.63) is 40.4 Å². The van der Waals surface area contributed by atoms with Gasteiger partial charge < -0.3 is 9.80 Å². The molecule has 2 saturated heterocycles. The Bertz CT molecular complexity index is 784. The summed E-state index contributed by atoms with van der Waals surface area (Å²) in [5, 5.41) is 0.693. The molecule has 0 saturated carbocycles. The highest BCUT2D eigenvalue weighted by atomic mass is 35.5. The number of carbonyl (C=O) groups is 1. The Morgan fingerprint density at radius 2 is 2.04 bits per heavy atom. The minimum absolute atomic E-state index is 0.00482. The summed E-state index contributed by atoms with van der Waals surface area (Å²) in [6.45, 7) is 4.91. The first-order valence-corrected chi connectivity index (χ1v) is 10.8. The standard InChI is InChI=1S/C18H23ClN2O3S/c1-14-2-3-15(12-17(14)19)4-5-18(22)21-9-7-20(8-10-21)16-6-11-25(23,24)13-16/h2-5,12,16H,6-11,13H2,1H3/p+1/b5-4+/t16-/m0/s1. The molecule has 136 valence electrons. The van der Waals surface area contributed by atoms with Crippen molar-refractivity contribution in [2.45, 2.75) is 19.4 Å². The Morgan fingerprint density at radius 3 is 2.64 bits per heavy atom. The molecule has 3 rings (SSSR count). The molecule has 7 heteroatoms. The fourth-order valence-corrected chi connectivity index (χ4v) is 5.54. The molecular weight excluding hydrogens is 360 g/mol. The maximum absolute atomic E-state index is 12.4. The van der Waals surface area contributed by atoms with E-state index < -0.39 is 9.84 Å². The van der Waals surface area contributed by atoms with E-state index >= 15 is 0 Å². The van der Waals surface area contributed by atoms with Crippen LogP contribution in [0.5, 0.6) is 0 Å². The number of nitrogens with one attached hydrogen (secondary N) is 1. The van der Waals surface area contributed by atoms with Crippen LogP contribution in [0.4, 0.5) is 0 Å². The Kier molecular flexibility index (Phi) is 5.51. The van der Waals surface area contributed by atoms with Gasteiger partial charge in [-0.2, -0.15) is 0 Å². The van der Waals surface area contributed by atoms with Gasteiger partial charge in [0.25, 0.3) is 0 Å². The van der Waals surface area contributed by atoms with E-state index in [1.54, 1.807) is 12.2 Å². The van der Waals surface area contributed by atoms with Crippen molar-refractivity contribution in [2.75, 3.05) is 37.7 Å². The Labute approximate surface area is 154 Å². The number of nitrogens with zero attached hydrogens (tertiary/aromatic N) is 1. The molecule has 25 heavy (non-hydrogen) atoms. The predicted molar refractivity (Wildman–Crippen MR) is 99.6 cm³/mol. The fraction of sp³-hybridized carbons (Fsp3) is 0.500. The van der Waals surface area contributed by atoms with Crippen molar-refractivity contribution in [3.63, 3.8) is 0 Å². The van der Waals surface area contributed by atoms with Gasteiger partial charge in [0.2, 0.25) is 5.91 Å². The molecule has 2 aliphatic rings. The number of hydrogen-bond donors (Lipinski definition) is 1. The lowest BCUT2D eigenvalue weighted by molar-refractivity contribution is -0.925. The highest BCUT2D eigenvalue weighted by molar-refractivity contribution is 7.91. The van der Waals surface area contributed by atoms with Gasteiger partial charge in [0.05, 0.1) is 31.9 Å². The minimum Gasteiger partial charge on any atom is -0.329 e. The Morgan fingerprint density at radius 1 is 1.32 bits per heavy atom. The van der Waals surface area contributed by atoms with E-state index in [1.807, 2.05) is 30.0 Å². The molecule has 1 aromatic rings. The number of piperazine rings is 1. The van der Waals surface area contributed by atoms with Gasteiger partial charge in [-0.25, -0.2) is 8.42 Å². The number of benzene rings is 1. The van der Waals surface area contributed by atoms with E-state index in [4.69, 9.17) is 11.6 Å². The van der Waals surface area contributed by atoms with E-state index in [2.05, 4.69) is 0 Å². The summed E-state index contributed by atoms with van der Waals surface area (Å²) in [5.74, 6) is 0.602. The van der Waals surface area contributed by atoms with Crippen molar-refractivity contribution < 1.29 is 18.1 Å². The van der Waals surface area contributed by atoms with Gasteiger partial charge in [-0.05, 0) is 30.2 Å². The van der Waals surface area contributed by atoms with Crippen LogP contribution in [0.3, 0.4) is 0 Å². The number of hydrogen-bond acceptors (Lipinski definition) is 3. The predicted octanol–water partition coefficient (Wildman–Crippen LogP) is 0.576. The molecule has 1 amide bonds. The summed E-state index contributed by atoms with van der Waals surface area (Å²) in [6.07, 6.45) is 4.13. The number of sulfone groups is 1. The van der Waals surface area contributed by atoms with Crippen LogP contribution in [0, 0.1) is 6.92 Å². The third-order valence-electron chi connectivity index (χ3n) is 5.14. The molecule has 1 N–H and O–H groups in total. The van der Waals surface area contributed by atoms with Crippen LogP contribution in [0.15, 0.2) is 24.3 Å². The molecule has 2 fully saturated rings. The van der Waals surface area contributed by atoms with Gasteiger partial charge >= 0.3 is 0 Å². The van der Waals surface area contributed by atoms with E-state index in [-0.39, 0.29) is 11.9 Å². The van der Waals surface area contributed by atoms with Crippen LogP contribution in [0.1, 0.15) is 17.5 Å². The van der Waals surface area contributed by atoms with E-state index in [1.165, 1.54) is 4.90 Å². The zero-order valence-electron chi connectivity index (χ0n) is 14.4. The molecule has 2 aliphatic heterocycles. The second-order valence-electron chi connectivity index (χ2n) is 6.93. The molecular formula is C18H24ClN2O3S+. The summed E-state index contributed by atoms with van der Waals surface area (Å²) in [7, 11) is -2.84. The van der Waals surface area contributed by atoms with Crippen LogP contribution in [-0.2, 0) is 14.6 Å². The molecule has 0 aromatic heterocycles. The zero-order chi connectivity index (χ0) is 18.0. The lowest BCUT2D eigenvalue weighted by atomic mass is 10.1. The zero-order valence-corrected chi connectivity index (χ0v) is 15.9. The van der Waals surface area contributed by atoms with Crippen molar-refractivity contribution in [1.82, 2.24) is 4.90 Å². The maximum Gasteiger partial charge on any atom is 0.246 e. The van der Waals surface area contributed by atoms with E-state index in [0.717, 1.165) is 30.6 Å². The monoisotopic (exact) mass is 383 g/mol. The van der Waals surface area contributed by atoms with E-state index in [9.17, 15) is 13.2 Å². The first-order chi connectivity index (χ1) is 11.8. The SMILES string of the molecule is Cc1ccc(/C=C/C(=O)N2CC[NH+]([C@H]3CCS(=O)(=O)C3)CC2)cc1Cl. The second kappa shape index (κ2) is 7.48. The first kappa shape index (κ1) is 18.4. The van der Waals surface area contributed by atoms with Gasteiger partial charge in [0.15, 0.2) is 9.84 Å². The average Bonchev–Trinajstić information content (AvgIpc) is 2.96. The molecule has 0 spiro atoms. The number of rotatable bonds is 3. The number of quaternary nitrogens is 1. The van der Waals surface area contributed by atoms with Crippen molar-refractivity contribution in [2.24, 2.45) is 0 Å². The molecule has 0 unspecified atom stereocenters. The Hall–Kier alpha value is -1.37. The second-order valence-corrected chi connectivity index (χ2v) is 9.56. The fourth-order valence-electron chi connectivity index (χ4n) is 3.53. The number of halogens is 1. The average molecular weight is 384 g/mol. The van der Waals surface area contributed by atoms with Crippen LogP contribution in [0.25, 0.3) is 6.08 Å². The van der Waals surface area contributed by atoms with Gasteiger partial charge in [0, 0.05) is 17.5 Å². The quantitative estimate of drug-likeness (QED) is 0.776. The summed E-state index contributed by atoms with van der Waals surface area (Å²) in [4.78, 5) is 15.5. The highest BCUT2D eigenvalue weighted by Gasteiger charge is 2.37. The van der Waals surface area contributed by atoms with Crippen molar-refractivity contribution in [3.8, 4) is 0 Å². The summed E-state index contributed by atoms with van der Waals surface area (Å²) in [5.41, 5.74) is 1.92. The molecule has 5 nitrogen and oxygen atoms in total. The van der Waals surface area contributed by atoms with Crippen LogP contribution in [-0.4, -0.2) is 63.0 Å². The van der Waals surface area contributed by atoms with Crippen LogP contribution in [0.2, 0.25) is 5.02 Å². The molecule has 0 radical (unpaired) electrons. The third-order valence-corrected chi connectivity index (χ3v) is 7.32. The first-order valence-electron chi connectivity index (χ1n) is 8.62. The molecule has 1 aromatic carbocycles. The lowest BCUT2D eigenvalue weighted by Crippen LogP contribution is -3.18. The van der Waals surface area contributed by atoms with Gasteiger partial charge in [-0.1, -0.05) is 23.7 Å². The molecule has 1 atom stereocenters. The molecule has 0 bridgehead atoms. The molecule has 0 aliphatic carbocycles. The number of amides is 1. The van der Waals surface area contributed by atoms with Gasteiger partial charge in [-0.15, -0.1) is 0 Å². The van der Waals surface area contributed by atoms with Crippen LogP contribution < -0.4 is 4.90 Å². The van der Waals surface area contributed by atoms with Gasteiger partial charge in [0.1, 0.15) is 11.8 Å². The third kappa shape index (κ3) is 4.63. The van der Waals surface area contributed by atoms with Crippen molar-refractivity contribution >= 4 is 33.4 Å². The van der Waals surface area contributed by atoms with Crippen LogP contribution >= 0.6 is 11.6 Å². The normalized spacial score (nSPS) is 24.1. The van der Waals surface area contributed by atoms with Gasteiger partial charge in [-0.3, -0.25) is 4.79 Å². The number of aryl methyl sites for hydroxylation is 1. The highest BCUT2D eigenvalue weighted by Crippen LogP contribution is 2.17. The van der Waals surface area contributed by atoms with E-state index in [0.29, 0.717) is 29.6 Å². The number of carbonyl (C=O) groups excluding carboxylic acids is 1. The smallest absolute Gasteiger partial charge is 0.246 e.